The summed E-state index contributed by atoms with van der Waals surface area (Å²) in [7, 11) is 0. The number of carbonyl (C=O) groups excluding carboxylic acids is 3. The molecule has 1 saturated carbocycles. The van der Waals surface area contributed by atoms with Crippen LogP contribution in [0.3, 0.4) is 0 Å². The third-order valence-corrected chi connectivity index (χ3v) is 4.83. The Kier molecular flexibility index (Phi) is 5.91. The van der Waals surface area contributed by atoms with E-state index in [1.165, 1.54) is 0 Å². The van der Waals surface area contributed by atoms with Crippen molar-refractivity contribution < 1.29 is 19.1 Å². The maximum Gasteiger partial charge on any atom is 0.412 e. The molecule has 0 unspecified atom stereocenters. The van der Waals surface area contributed by atoms with Crippen molar-refractivity contribution in [3.05, 3.63) is 29.8 Å². The highest BCUT2D eigenvalue weighted by atomic mass is 16.6. The summed E-state index contributed by atoms with van der Waals surface area (Å²) in [5, 5.41) is 5.75. The van der Waals surface area contributed by atoms with Gasteiger partial charge in [0.2, 0.25) is 5.91 Å². The van der Waals surface area contributed by atoms with Gasteiger partial charge in [0.05, 0.1) is 0 Å². The van der Waals surface area contributed by atoms with Crippen molar-refractivity contribution in [2.75, 3.05) is 18.4 Å². The molecule has 0 aromatic heterocycles. The molecule has 2 aliphatic rings. The molecule has 1 aromatic rings. The molecule has 1 aliphatic carbocycles. The molecule has 2 fully saturated rings. The first kappa shape index (κ1) is 20.2. The van der Waals surface area contributed by atoms with Crippen molar-refractivity contribution in [2.45, 2.75) is 58.1 Å². The van der Waals surface area contributed by atoms with Gasteiger partial charge in [0.1, 0.15) is 5.60 Å². The Morgan fingerprint density at radius 1 is 1.07 bits per heavy atom. The molecule has 3 amide bonds. The summed E-state index contributed by atoms with van der Waals surface area (Å²) in [5.74, 6) is 0.297. The molecule has 0 spiro atoms. The Morgan fingerprint density at radius 2 is 1.75 bits per heavy atom. The first-order valence-corrected chi connectivity index (χ1v) is 9.91. The summed E-state index contributed by atoms with van der Waals surface area (Å²) in [6, 6.07) is 7.01. The number of piperidine rings is 1. The molecule has 7 heteroatoms. The quantitative estimate of drug-likeness (QED) is 0.831. The van der Waals surface area contributed by atoms with Gasteiger partial charge in [0.15, 0.2) is 0 Å². The molecule has 2 N–H and O–H groups in total. The van der Waals surface area contributed by atoms with E-state index in [2.05, 4.69) is 10.6 Å². The van der Waals surface area contributed by atoms with Crippen molar-refractivity contribution >= 4 is 23.6 Å². The smallest absolute Gasteiger partial charge is 0.412 e. The Bertz CT molecular complexity index is 744. The minimum Gasteiger partial charge on any atom is -0.444 e. The summed E-state index contributed by atoms with van der Waals surface area (Å²) in [5.41, 5.74) is 0.456. The van der Waals surface area contributed by atoms with Crippen LogP contribution in [-0.4, -0.2) is 47.5 Å². The third-order valence-electron chi connectivity index (χ3n) is 4.83. The van der Waals surface area contributed by atoms with Crippen LogP contribution >= 0.6 is 0 Å². The minimum absolute atomic E-state index is 0.0696. The summed E-state index contributed by atoms with van der Waals surface area (Å²) in [6.45, 7) is 6.60. The highest BCUT2D eigenvalue weighted by molar-refractivity contribution is 5.96. The number of hydrogen-bond donors (Lipinski definition) is 2. The lowest BCUT2D eigenvalue weighted by atomic mass is 10.0. The molecule has 28 heavy (non-hydrogen) atoms. The van der Waals surface area contributed by atoms with Gasteiger partial charge in [-0.1, -0.05) is 6.07 Å². The molecular weight excluding hydrogens is 358 g/mol. The largest absolute Gasteiger partial charge is 0.444 e. The van der Waals surface area contributed by atoms with Crippen molar-refractivity contribution in [2.24, 2.45) is 5.92 Å². The van der Waals surface area contributed by atoms with E-state index < -0.39 is 11.7 Å². The second-order valence-corrected chi connectivity index (χ2v) is 8.56. The summed E-state index contributed by atoms with van der Waals surface area (Å²) >= 11 is 0. The zero-order valence-corrected chi connectivity index (χ0v) is 16.8. The monoisotopic (exact) mass is 387 g/mol. The summed E-state index contributed by atoms with van der Waals surface area (Å²) in [6.07, 6.45) is 2.97. The van der Waals surface area contributed by atoms with Crippen molar-refractivity contribution in [3.63, 3.8) is 0 Å². The average Bonchev–Trinajstić information content (AvgIpc) is 3.45. The number of carbonyl (C=O) groups is 3. The number of likely N-dealkylation sites (tertiary alicyclic amines) is 1. The van der Waals surface area contributed by atoms with Crippen LogP contribution in [0.2, 0.25) is 0 Å². The Balaban J connectivity index is 1.53. The highest BCUT2D eigenvalue weighted by Gasteiger charge is 2.32. The molecule has 1 aliphatic heterocycles. The molecule has 1 saturated heterocycles. The van der Waals surface area contributed by atoms with Crippen LogP contribution in [0, 0.1) is 5.92 Å². The summed E-state index contributed by atoms with van der Waals surface area (Å²) < 4.78 is 5.24. The van der Waals surface area contributed by atoms with Crippen molar-refractivity contribution in [1.29, 1.82) is 0 Å². The zero-order chi connectivity index (χ0) is 20.3. The van der Waals surface area contributed by atoms with E-state index in [0.717, 1.165) is 25.7 Å². The number of nitrogens with zero attached hydrogens (tertiary/aromatic N) is 1. The van der Waals surface area contributed by atoms with Crippen molar-refractivity contribution in [1.82, 2.24) is 10.2 Å². The zero-order valence-electron chi connectivity index (χ0n) is 16.8. The number of rotatable bonds is 4. The normalized spacial score (nSPS) is 17.8. The Morgan fingerprint density at radius 3 is 2.36 bits per heavy atom. The molecule has 3 rings (SSSR count). The van der Waals surface area contributed by atoms with Gasteiger partial charge in [-0.3, -0.25) is 14.9 Å². The van der Waals surface area contributed by atoms with Gasteiger partial charge in [-0.2, -0.15) is 0 Å². The predicted octanol–water partition coefficient (Wildman–Crippen LogP) is 3.16. The molecule has 1 heterocycles. The van der Waals surface area contributed by atoms with Gasteiger partial charge >= 0.3 is 6.09 Å². The first-order chi connectivity index (χ1) is 13.2. The number of hydrogen-bond acceptors (Lipinski definition) is 4. The molecule has 0 atom stereocenters. The second-order valence-electron chi connectivity index (χ2n) is 8.56. The first-order valence-electron chi connectivity index (χ1n) is 9.91. The Hall–Kier alpha value is -2.57. The van der Waals surface area contributed by atoms with E-state index in [4.69, 9.17) is 4.74 Å². The van der Waals surface area contributed by atoms with E-state index in [9.17, 15) is 14.4 Å². The average molecular weight is 387 g/mol. The third kappa shape index (κ3) is 5.71. The number of anilines is 1. The molecule has 0 bridgehead atoms. The molecule has 1 aromatic carbocycles. The van der Waals surface area contributed by atoms with E-state index in [0.29, 0.717) is 24.3 Å². The van der Waals surface area contributed by atoms with Gasteiger partial charge in [-0.15, -0.1) is 0 Å². The number of nitrogens with one attached hydrogen (secondary N) is 2. The standard InChI is InChI=1S/C21H29N3O4/c1-21(2,3)28-20(27)23-17-6-4-5-15(13-17)19(26)24-11-9-16(10-12-24)22-18(25)14-7-8-14/h4-6,13-14,16H,7-12H2,1-3H3,(H,22,25)(H,23,27). The lowest BCUT2D eigenvalue weighted by molar-refractivity contribution is -0.123. The fraction of sp³-hybridized carbons (Fsp3) is 0.571. The fourth-order valence-corrected chi connectivity index (χ4v) is 3.23. The van der Waals surface area contributed by atoms with E-state index >= 15 is 0 Å². The van der Waals surface area contributed by atoms with Crippen LogP contribution in [0.5, 0.6) is 0 Å². The van der Waals surface area contributed by atoms with Gasteiger partial charge in [-0.05, 0) is 64.7 Å². The fourth-order valence-electron chi connectivity index (χ4n) is 3.23. The highest BCUT2D eigenvalue weighted by Crippen LogP contribution is 2.29. The molecule has 7 nitrogen and oxygen atoms in total. The Labute approximate surface area is 165 Å². The van der Waals surface area contributed by atoms with Crippen LogP contribution in [-0.2, 0) is 9.53 Å². The minimum atomic E-state index is -0.587. The van der Waals surface area contributed by atoms with Crippen LogP contribution < -0.4 is 10.6 Å². The van der Waals surface area contributed by atoms with Gasteiger partial charge in [-0.25, -0.2) is 4.79 Å². The lowest BCUT2D eigenvalue weighted by Crippen LogP contribution is -2.46. The molecule has 0 radical (unpaired) electrons. The summed E-state index contributed by atoms with van der Waals surface area (Å²) in [4.78, 5) is 38.4. The van der Waals surface area contributed by atoms with Gasteiger partial charge < -0.3 is 15.0 Å². The van der Waals surface area contributed by atoms with E-state index in [1.54, 1.807) is 49.9 Å². The van der Waals surface area contributed by atoms with E-state index in [1.807, 2.05) is 0 Å². The molecular formula is C21H29N3O4. The topological polar surface area (TPSA) is 87.7 Å². The molecule has 152 valence electrons. The van der Waals surface area contributed by atoms with Crippen LogP contribution in [0.4, 0.5) is 10.5 Å². The van der Waals surface area contributed by atoms with Gasteiger partial charge in [0, 0.05) is 36.3 Å². The lowest BCUT2D eigenvalue weighted by Gasteiger charge is -2.32. The van der Waals surface area contributed by atoms with E-state index in [-0.39, 0.29) is 23.8 Å². The number of amides is 3. The van der Waals surface area contributed by atoms with Gasteiger partial charge in [0.25, 0.3) is 5.91 Å². The SMILES string of the molecule is CC(C)(C)OC(=O)Nc1cccc(C(=O)N2CCC(NC(=O)C3CC3)CC2)c1. The van der Waals surface area contributed by atoms with Crippen molar-refractivity contribution in [3.8, 4) is 0 Å². The maximum atomic E-state index is 12.8. The number of ether oxygens (including phenoxy) is 1. The second kappa shape index (κ2) is 8.20. The predicted molar refractivity (Wildman–Crippen MR) is 106 cm³/mol. The number of benzene rings is 1. The van der Waals surface area contributed by atoms with Crippen LogP contribution in [0.15, 0.2) is 24.3 Å². The maximum absolute atomic E-state index is 12.8. The van der Waals surface area contributed by atoms with Crippen LogP contribution in [0.1, 0.15) is 56.8 Å². The van der Waals surface area contributed by atoms with Crippen LogP contribution in [0.25, 0.3) is 0 Å².